The first-order valence-corrected chi connectivity index (χ1v) is 8.98. The summed E-state index contributed by atoms with van der Waals surface area (Å²) in [5.74, 6) is 0.209. The summed E-state index contributed by atoms with van der Waals surface area (Å²) < 4.78 is 1.85. The smallest absolute Gasteiger partial charge is 0.224 e. The summed E-state index contributed by atoms with van der Waals surface area (Å²) in [5, 5.41) is 4.24. The fraction of sp³-hybridized carbons (Fsp3) is 0.526. The monoisotopic (exact) mass is 341 g/mol. The zero-order chi connectivity index (χ0) is 17.6. The van der Waals surface area contributed by atoms with E-state index in [1.165, 1.54) is 5.56 Å². The molecule has 0 unspecified atom stereocenters. The SMILES string of the molecule is Cc1cnn(CCC(=O)N(C)C2CCN(Cc3ccncc3)CC2)c1. The van der Waals surface area contributed by atoms with Crippen LogP contribution in [-0.4, -0.2) is 56.7 Å². The molecule has 25 heavy (non-hydrogen) atoms. The third-order valence-electron chi connectivity index (χ3n) is 4.97. The van der Waals surface area contributed by atoms with Crippen LogP contribution in [0.25, 0.3) is 0 Å². The van der Waals surface area contributed by atoms with Crippen molar-refractivity contribution in [2.24, 2.45) is 0 Å². The Hall–Kier alpha value is -2.21. The number of aryl methyl sites for hydroxylation is 2. The molecule has 1 amide bonds. The van der Waals surface area contributed by atoms with E-state index < -0.39 is 0 Å². The van der Waals surface area contributed by atoms with Gasteiger partial charge in [0.2, 0.25) is 5.91 Å². The molecule has 6 heteroatoms. The highest BCUT2D eigenvalue weighted by Gasteiger charge is 2.25. The van der Waals surface area contributed by atoms with E-state index in [1.807, 2.05) is 48.3 Å². The number of carbonyl (C=O) groups is 1. The number of rotatable bonds is 6. The van der Waals surface area contributed by atoms with Crippen LogP contribution in [0, 0.1) is 6.92 Å². The first-order chi connectivity index (χ1) is 12.1. The van der Waals surface area contributed by atoms with Gasteiger partial charge in [0.05, 0.1) is 6.20 Å². The molecule has 3 rings (SSSR count). The summed E-state index contributed by atoms with van der Waals surface area (Å²) in [5.41, 5.74) is 2.43. The van der Waals surface area contributed by atoms with Gasteiger partial charge < -0.3 is 4.90 Å². The highest BCUT2D eigenvalue weighted by molar-refractivity contribution is 5.76. The van der Waals surface area contributed by atoms with Crippen LogP contribution >= 0.6 is 0 Å². The van der Waals surface area contributed by atoms with E-state index in [2.05, 4.69) is 27.1 Å². The van der Waals surface area contributed by atoms with Gasteiger partial charge in [-0.05, 0) is 43.0 Å². The van der Waals surface area contributed by atoms with Crippen molar-refractivity contribution < 1.29 is 4.79 Å². The summed E-state index contributed by atoms with van der Waals surface area (Å²) in [6, 6.07) is 4.48. The molecule has 0 spiro atoms. The van der Waals surface area contributed by atoms with Gasteiger partial charge in [-0.15, -0.1) is 0 Å². The minimum absolute atomic E-state index is 0.209. The third kappa shape index (κ3) is 4.89. The first-order valence-electron chi connectivity index (χ1n) is 8.98. The highest BCUT2D eigenvalue weighted by Crippen LogP contribution is 2.18. The van der Waals surface area contributed by atoms with E-state index >= 15 is 0 Å². The van der Waals surface area contributed by atoms with Crippen molar-refractivity contribution in [2.75, 3.05) is 20.1 Å². The van der Waals surface area contributed by atoms with Gasteiger partial charge in [-0.3, -0.25) is 19.4 Å². The highest BCUT2D eigenvalue weighted by atomic mass is 16.2. The number of nitrogens with zero attached hydrogens (tertiary/aromatic N) is 5. The molecular weight excluding hydrogens is 314 g/mol. The Morgan fingerprint density at radius 2 is 2.00 bits per heavy atom. The molecule has 134 valence electrons. The van der Waals surface area contributed by atoms with Crippen molar-refractivity contribution in [3.63, 3.8) is 0 Å². The minimum atomic E-state index is 0.209. The number of aromatic nitrogens is 3. The second-order valence-electron chi connectivity index (χ2n) is 6.90. The fourth-order valence-corrected chi connectivity index (χ4v) is 3.39. The zero-order valence-electron chi connectivity index (χ0n) is 15.1. The van der Waals surface area contributed by atoms with E-state index in [1.54, 1.807) is 0 Å². The van der Waals surface area contributed by atoms with Gasteiger partial charge in [-0.1, -0.05) is 0 Å². The van der Waals surface area contributed by atoms with Crippen LogP contribution in [0.3, 0.4) is 0 Å². The van der Waals surface area contributed by atoms with Crippen LogP contribution in [0.1, 0.15) is 30.4 Å². The van der Waals surface area contributed by atoms with E-state index in [0.29, 0.717) is 19.0 Å². The topological polar surface area (TPSA) is 54.3 Å². The molecule has 0 bridgehead atoms. The van der Waals surface area contributed by atoms with E-state index in [-0.39, 0.29) is 5.91 Å². The number of amides is 1. The Labute approximate surface area is 149 Å². The predicted octanol–water partition coefficient (Wildman–Crippen LogP) is 2.10. The molecular formula is C19H27N5O. The Bertz CT molecular complexity index is 676. The number of hydrogen-bond donors (Lipinski definition) is 0. The van der Waals surface area contributed by atoms with Crippen LogP contribution in [0.5, 0.6) is 0 Å². The molecule has 1 saturated heterocycles. The summed E-state index contributed by atoms with van der Waals surface area (Å²) in [6.45, 7) is 5.69. The molecule has 6 nitrogen and oxygen atoms in total. The van der Waals surface area contributed by atoms with E-state index in [0.717, 1.165) is 38.0 Å². The van der Waals surface area contributed by atoms with Crippen molar-refractivity contribution in [1.29, 1.82) is 0 Å². The summed E-state index contributed by atoms with van der Waals surface area (Å²) in [6.07, 6.45) is 10.1. The van der Waals surface area contributed by atoms with Gasteiger partial charge in [0.15, 0.2) is 0 Å². The van der Waals surface area contributed by atoms with Crippen molar-refractivity contribution in [1.82, 2.24) is 24.6 Å². The molecule has 3 heterocycles. The maximum Gasteiger partial charge on any atom is 0.224 e. The Balaban J connectivity index is 1.42. The molecule has 1 aliphatic heterocycles. The van der Waals surface area contributed by atoms with Crippen molar-refractivity contribution in [3.05, 3.63) is 48.0 Å². The minimum Gasteiger partial charge on any atom is -0.343 e. The lowest BCUT2D eigenvalue weighted by molar-refractivity contribution is -0.133. The number of hydrogen-bond acceptors (Lipinski definition) is 4. The van der Waals surface area contributed by atoms with Crippen molar-refractivity contribution >= 4 is 5.91 Å². The van der Waals surface area contributed by atoms with Crippen LogP contribution in [0.15, 0.2) is 36.9 Å². The molecule has 0 aromatic carbocycles. The van der Waals surface area contributed by atoms with Crippen LogP contribution in [0.2, 0.25) is 0 Å². The maximum absolute atomic E-state index is 12.5. The van der Waals surface area contributed by atoms with Crippen LogP contribution in [-0.2, 0) is 17.9 Å². The molecule has 0 radical (unpaired) electrons. The number of pyridine rings is 1. The Morgan fingerprint density at radius 3 is 2.64 bits per heavy atom. The van der Waals surface area contributed by atoms with Gasteiger partial charge in [-0.2, -0.15) is 5.10 Å². The lowest BCUT2D eigenvalue weighted by Crippen LogP contribution is -2.45. The first kappa shape index (κ1) is 17.6. The molecule has 2 aromatic heterocycles. The largest absolute Gasteiger partial charge is 0.343 e. The third-order valence-corrected chi connectivity index (χ3v) is 4.97. The van der Waals surface area contributed by atoms with E-state index in [9.17, 15) is 4.79 Å². The lowest BCUT2D eigenvalue weighted by atomic mass is 10.0. The second kappa shape index (κ2) is 8.25. The maximum atomic E-state index is 12.5. The standard InChI is InChI=1S/C19H27N5O/c1-16-13-21-24(14-16)12-7-19(25)22(2)18-5-10-23(11-6-18)15-17-3-8-20-9-4-17/h3-4,8-9,13-14,18H,5-7,10-12,15H2,1-2H3. The quantitative estimate of drug-likeness (QED) is 0.807. The van der Waals surface area contributed by atoms with Crippen molar-refractivity contribution in [2.45, 2.75) is 45.3 Å². The average Bonchev–Trinajstić information content (AvgIpc) is 3.06. The fourth-order valence-electron chi connectivity index (χ4n) is 3.39. The molecule has 0 saturated carbocycles. The number of likely N-dealkylation sites (tertiary alicyclic amines) is 1. The number of piperidine rings is 1. The Kier molecular flexibility index (Phi) is 5.81. The second-order valence-corrected chi connectivity index (χ2v) is 6.90. The van der Waals surface area contributed by atoms with Crippen molar-refractivity contribution in [3.8, 4) is 0 Å². The molecule has 0 N–H and O–H groups in total. The van der Waals surface area contributed by atoms with Gasteiger partial charge >= 0.3 is 0 Å². The van der Waals surface area contributed by atoms with Gasteiger partial charge in [0.25, 0.3) is 0 Å². The van der Waals surface area contributed by atoms with Gasteiger partial charge in [-0.25, -0.2) is 0 Å². The molecule has 2 aromatic rings. The summed E-state index contributed by atoms with van der Waals surface area (Å²) in [7, 11) is 1.94. The van der Waals surface area contributed by atoms with Crippen LogP contribution < -0.4 is 0 Å². The molecule has 1 fully saturated rings. The predicted molar refractivity (Wildman–Crippen MR) is 96.9 cm³/mol. The molecule has 0 atom stereocenters. The Morgan fingerprint density at radius 1 is 1.28 bits per heavy atom. The zero-order valence-corrected chi connectivity index (χ0v) is 15.1. The summed E-state index contributed by atoms with van der Waals surface area (Å²) >= 11 is 0. The number of carbonyl (C=O) groups excluding carboxylic acids is 1. The van der Waals surface area contributed by atoms with Gasteiger partial charge in [0, 0.05) is 64.3 Å². The molecule has 1 aliphatic rings. The van der Waals surface area contributed by atoms with E-state index in [4.69, 9.17) is 0 Å². The normalized spacial score (nSPS) is 16.1. The average molecular weight is 341 g/mol. The summed E-state index contributed by atoms with van der Waals surface area (Å²) in [4.78, 5) is 20.9. The molecule has 0 aliphatic carbocycles. The lowest BCUT2D eigenvalue weighted by Gasteiger charge is -2.36. The van der Waals surface area contributed by atoms with Gasteiger partial charge in [0.1, 0.15) is 0 Å². The van der Waals surface area contributed by atoms with Crippen LogP contribution in [0.4, 0.5) is 0 Å².